The van der Waals surface area contributed by atoms with E-state index in [0.29, 0.717) is 10.7 Å². The number of aryl methyl sites for hydroxylation is 2. The van der Waals surface area contributed by atoms with Gasteiger partial charge in [0.25, 0.3) is 0 Å². The summed E-state index contributed by atoms with van der Waals surface area (Å²) in [5, 5.41) is 4.32. The Morgan fingerprint density at radius 3 is 2.58 bits per heavy atom. The Bertz CT molecular complexity index is 652. The van der Waals surface area contributed by atoms with Gasteiger partial charge >= 0.3 is 0 Å². The molecule has 100 valence electrons. The maximum Gasteiger partial charge on any atom is 0.171 e. The van der Waals surface area contributed by atoms with E-state index in [0.717, 1.165) is 27.2 Å². The fourth-order valence-corrected chi connectivity index (χ4v) is 2.34. The summed E-state index contributed by atoms with van der Waals surface area (Å²) in [6.45, 7) is 3.88. The summed E-state index contributed by atoms with van der Waals surface area (Å²) in [5.74, 6) is 1.48. The number of benzene rings is 1. The van der Waals surface area contributed by atoms with Crippen LogP contribution in [0.4, 0.5) is 0 Å². The fraction of sp³-hybridized carbons (Fsp3) is 0.231. The summed E-state index contributed by atoms with van der Waals surface area (Å²) in [4.78, 5) is 0.362. The van der Waals surface area contributed by atoms with Crippen LogP contribution < -0.4 is 10.5 Å². The van der Waals surface area contributed by atoms with E-state index in [-0.39, 0.29) is 0 Å². The van der Waals surface area contributed by atoms with E-state index in [1.807, 2.05) is 39.1 Å². The quantitative estimate of drug-likeness (QED) is 0.872. The lowest BCUT2D eigenvalue weighted by Crippen LogP contribution is -2.09. The Morgan fingerprint density at radius 2 is 2.11 bits per heavy atom. The van der Waals surface area contributed by atoms with Crippen LogP contribution in [0.3, 0.4) is 0 Å². The van der Waals surface area contributed by atoms with Crippen LogP contribution >= 0.6 is 28.1 Å². The number of thiocarbonyl (C=S) groups is 1. The average molecular weight is 340 g/mol. The van der Waals surface area contributed by atoms with Crippen molar-refractivity contribution >= 4 is 33.1 Å². The number of nitrogens with two attached hydrogens (primary N) is 1. The number of nitrogens with zero attached hydrogens (tertiary/aromatic N) is 2. The van der Waals surface area contributed by atoms with Gasteiger partial charge in [-0.2, -0.15) is 5.10 Å². The van der Waals surface area contributed by atoms with Crippen LogP contribution in [0.15, 0.2) is 22.7 Å². The summed E-state index contributed by atoms with van der Waals surface area (Å²) in [6.07, 6.45) is 0. The van der Waals surface area contributed by atoms with E-state index in [1.54, 1.807) is 4.68 Å². The van der Waals surface area contributed by atoms with Crippen molar-refractivity contribution in [1.29, 1.82) is 0 Å². The molecule has 1 aromatic carbocycles. The molecule has 0 aliphatic carbocycles. The maximum absolute atomic E-state index is 5.91. The number of rotatable bonds is 3. The minimum atomic E-state index is 0.362. The molecule has 1 heterocycles. The molecule has 0 saturated heterocycles. The smallest absolute Gasteiger partial charge is 0.171 e. The van der Waals surface area contributed by atoms with Crippen LogP contribution in [-0.4, -0.2) is 14.8 Å². The second kappa shape index (κ2) is 5.30. The molecule has 1 aromatic heterocycles. The molecule has 0 saturated carbocycles. The molecule has 19 heavy (non-hydrogen) atoms. The van der Waals surface area contributed by atoms with E-state index >= 15 is 0 Å². The van der Waals surface area contributed by atoms with Crippen LogP contribution in [0.5, 0.6) is 11.5 Å². The fourth-order valence-electron chi connectivity index (χ4n) is 1.75. The van der Waals surface area contributed by atoms with Crippen molar-refractivity contribution in [3.8, 4) is 11.5 Å². The Labute approximate surface area is 125 Å². The number of hydrogen-bond donors (Lipinski definition) is 1. The molecule has 0 aliphatic rings. The Kier molecular flexibility index (Phi) is 3.91. The molecule has 0 aliphatic heterocycles. The van der Waals surface area contributed by atoms with Gasteiger partial charge in [-0.15, -0.1) is 0 Å². The van der Waals surface area contributed by atoms with Gasteiger partial charge in [-0.25, -0.2) is 0 Å². The molecule has 2 N–H and O–H groups in total. The second-order valence-corrected chi connectivity index (χ2v) is 5.53. The normalized spacial score (nSPS) is 10.5. The van der Waals surface area contributed by atoms with Gasteiger partial charge in [0, 0.05) is 12.6 Å². The molecule has 0 unspecified atom stereocenters. The first-order chi connectivity index (χ1) is 8.90. The molecule has 0 fully saturated rings. The van der Waals surface area contributed by atoms with Crippen LogP contribution in [0, 0.1) is 13.8 Å². The van der Waals surface area contributed by atoms with Gasteiger partial charge in [-0.05, 0) is 48.0 Å². The Balaban J connectivity index is 2.36. The van der Waals surface area contributed by atoms with E-state index in [2.05, 4.69) is 21.0 Å². The summed E-state index contributed by atoms with van der Waals surface area (Å²) >= 11 is 8.40. The van der Waals surface area contributed by atoms with Gasteiger partial charge in [0.15, 0.2) is 5.75 Å². The molecule has 0 radical (unpaired) electrons. The number of halogens is 1. The minimum Gasteiger partial charge on any atom is -0.452 e. The van der Waals surface area contributed by atoms with E-state index in [9.17, 15) is 0 Å². The van der Waals surface area contributed by atoms with Gasteiger partial charge in [0.2, 0.25) is 0 Å². The Morgan fingerprint density at radius 1 is 1.42 bits per heavy atom. The summed E-state index contributed by atoms with van der Waals surface area (Å²) < 4.78 is 8.51. The molecular formula is C13H14BrN3OS. The predicted molar refractivity (Wildman–Crippen MR) is 82.8 cm³/mol. The second-order valence-electron chi connectivity index (χ2n) is 4.24. The van der Waals surface area contributed by atoms with Gasteiger partial charge < -0.3 is 10.5 Å². The van der Waals surface area contributed by atoms with E-state index in [4.69, 9.17) is 22.7 Å². The van der Waals surface area contributed by atoms with Gasteiger partial charge in [-0.3, -0.25) is 4.68 Å². The van der Waals surface area contributed by atoms with Crippen molar-refractivity contribution < 1.29 is 4.74 Å². The first kappa shape index (κ1) is 14.0. The maximum atomic E-state index is 5.91. The molecule has 6 heteroatoms. The lowest BCUT2D eigenvalue weighted by atomic mass is 10.2. The topological polar surface area (TPSA) is 53.1 Å². The highest BCUT2D eigenvalue weighted by atomic mass is 79.9. The van der Waals surface area contributed by atoms with Gasteiger partial charge in [-0.1, -0.05) is 12.2 Å². The van der Waals surface area contributed by atoms with Crippen molar-refractivity contribution in [3.05, 3.63) is 39.6 Å². The zero-order valence-electron chi connectivity index (χ0n) is 10.9. The highest BCUT2D eigenvalue weighted by Gasteiger charge is 2.13. The molecule has 2 rings (SSSR count). The minimum absolute atomic E-state index is 0.362. The standard InChI is InChI=1S/C13H14BrN3OS/c1-7-12(8(2)17(3)16-7)18-11-5-4-9(13(15)19)6-10(11)14/h4-6H,1-3H3,(H2,15,19). The van der Waals surface area contributed by atoms with E-state index in [1.165, 1.54) is 0 Å². The molecule has 0 spiro atoms. The zero-order chi connectivity index (χ0) is 14.2. The Hall–Kier alpha value is -1.40. The largest absolute Gasteiger partial charge is 0.452 e. The highest BCUT2D eigenvalue weighted by molar-refractivity contribution is 9.10. The number of hydrogen-bond acceptors (Lipinski definition) is 3. The SMILES string of the molecule is Cc1nn(C)c(C)c1Oc1ccc(C(N)=S)cc1Br. The highest BCUT2D eigenvalue weighted by Crippen LogP contribution is 2.33. The lowest BCUT2D eigenvalue weighted by Gasteiger charge is -2.09. The third-order valence-electron chi connectivity index (χ3n) is 2.87. The van der Waals surface area contributed by atoms with Crippen LogP contribution in [0.1, 0.15) is 17.0 Å². The molecule has 2 aromatic rings. The monoisotopic (exact) mass is 339 g/mol. The average Bonchev–Trinajstić information content (AvgIpc) is 2.58. The van der Waals surface area contributed by atoms with Crippen molar-refractivity contribution in [3.63, 3.8) is 0 Å². The first-order valence-electron chi connectivity index (χ1n) is 5.67. The van der Waals surface area contributed by atoms with Crippen LogP contribution in [0.2, 0.25) is 0 Å². The third kappa shape index (κ3) is 2.79. The van der Waals surface area contributed by atoms with Gasteiger partial charge in [0.1, 0.15) is 16.4 Å². The number of aromatic nitrogens is 2. The summed E-state index contributed by atoms with van der Waals surface area (Å²) in [7, 11) is 1.89. The third-order valence-corrected chi connectivity index (χ3v) is 3.73. The predicted octanol–water partition coefficient (Wildman–Crippen LogP) is 3.23. The summed E-state index contributed by atoms with van der Waals surface area (Å²) in [6, 6.07) is 5.52. The lowest BCUT2D eigenvalue weighted by molar-refractivity contribution is 0.471. The molecule has 0 bridgehead atoms. The van der Waals surface area contributed by atoms with Crippen molar-refractivity contribution in [2.45, 2.75) is 13.8 Å². The van der Waals surface area contributed by atoms with Crippen LogP contribution in [0.25, 0.3) is 0 Å². The van der Waals surface area contributed by atoms with Crippen molar-refractivity contribution in [2.75, 3.05) is 0 Å². The van der Waals surface area contributed by atoms with Crippen LogP contribution in [-0.2, 0) is 7.05 Å². The first-order valence-corrected chi connectivity index (χ1v) is 6.87. The van der Waals surface area contributed by atoms with Crippen molar-refractivity contribution in [2.24, 2.45) is 12.8 Å². The summed E-state index contributed by atoms with van der Waals surface area (Å²) in [5.41, 5.74) is 8.22. The van der Waals surface area contributed by atoms with E-state index < -0.39 is 0 Å². The molecule has 4 nitrogen and oxygen atoms in total. The molecule has 0 amide bonds. The molecular weight excluding hydrogens is 326 g/mol. The van der Waals surface area contributed by atoms with Gasteiger partial charge in [0.05, 0.1) is 10.2 Å². The van der Waals surface area contributed by atoms with Crippen molar-refractivity contribution in [1.82, 2.24) is 9.78 Å². The number of ether oxygens (including phenoxy) is 1. The molecule has 0 atom stereocenters. The zero-order valence-corrected chi connectivity index (χ0v) is 13.3.